The first kappa shape index (κ1) is 16.5. The van der Waals surface area contributed by atoms with Gasteiger partial charge in [0.2, 0.25) is 0 Å². The highest BCUT2D eigenvalue weighted by atomic mass is 16.5. The van der Waals surface area contributed by atoms with Gasteiger partial charge in [0, 0.05) is 6.54 Å². The van der Waals surface area contributed by atoms with Crippen molar-refractivity contribution in [1.82, 2.24) is 5.32 Å². The summed E-state index contributed by atoms with van der Waals surface area (Å²) >= 11 is 0. The quantitative estimate of drug-likeness (QED) is 0.806. The molecule has 0 aromatic heterocycles. The Bertz CT molecular complexity index is 414. The van der Waals surface area contributed by atoms with Crippen LogP contribution < -0.4 is 10.1 Å². The molecule has 112 valence electrons. The molecule has 0 aliphatic rings. The maximum absolute atomic E-state index is 11.8. The van der Waals surface area contributed by atoms with E-state index in [-0.39, 0.29) is 5.91 Å². The fourth-order valence-corrected chi connectivity index (χ4v) is 1.71. The Hall–Kier alpha value is -1.55. The van der Waals surface area contributed by atoms with E-state index in [9.17, 15) is 9.90 Å². The molecule has 0 heterocycles. The smallest absolute Gasteiger partial charge is 0.260 e. The second-order valence-electron chi connectivity index (χ2n) is 5.39. The molecule has 0 aliphatic heterocycles. The SMILES string of the molecule is CC[C@H](O)c1ccc(OC(C)C(=O)NCC(C)C)cc1. The highest BCUT2D eigenvalue weighted by Gasteiger charge is 2.14. The van der Waals surface area contributed by atoms with E-state index in [1.165, 1.54) is 0 Å². The Morgan fingerprint density at radius 3 is 2.35 bits per heavy atom. The number of amides is 1. The molecule has 2 N–H and O–H groups in total. The van der Waals surface area contributed by atoms with Gasteiger partial charge in [0.25, 0.3) is 5.91 Å². The molecule has 1 amide bonds. The van der Waals surface area contributed by atoms with Crippen molar-refractivity contribution in [2.24, 2.45) is 5.92 Å². The molecule has 4 heteroatoms. The minimum absolute atomic E-state index is 0.114. The molecule has 0 spiro atoms. The summed E-state index contributed by atoms with van der Waals surface area (Å²) in [6, 6.07) is 7.20. The molecular formula is C16H25NO3. The lowest BCUT2D eigenvalue weighted by atomic mass is 10.1. The fraction of sp³-hybridized carbons (Fsp3) is 0.562. The van der Waals surface area contributed by atoms with Crippen LogP contribution >= 0.6 is 0 Å². The monoisotopic (exact) mass is 279 g/mol. The van der Waals surface area contributed by atoms with Crippen molar-refractivity contribution in [2.75, 3.05) is 6.54 Å². The van der Waals surface area contributed by atoms with Crippen molar-refractivity contribution < 1.29 is 14.6 Å². The molecule has 1 unspecified atom stereocenters. The topological polar surface area (TPSA) is 58.6 Å². The Morgan fingerprint density at radius 1 is 1.25 bits per heavy atom. The number of hydrogen-bond acceptors (Lipinski definition) is 3. The summed E-state index contributed by atoms with van der Waals surface area (Å²) in [7, 11) is 0. The van der Waals surface area contributed by atoms with E-state index in [1.54, 1.807) is 19.1 Å². The molecule has 0 bridgehead atoms. The van der Waals surface area contributed by atoms with Gasteiger partial charge in [0.1, 0.15) is 5.75 Å². The van der Waals surface area contributed by atoms with Crippen LogP contribution in [0.2, 0.25) is 0 Å². The molecule has 0 aliphatic carbocycles. The van der Waals surface area contributed by atoms with Crippen molar-refractivity contribution >= 4 is 5.91 Å². The van der Waals surface area contributed by atoms with Crippen LogP contribution in [0.1, 0.15) is 45.8 Å². The molecule has 2 atom stereocenters. The summed E-state index contributed by atoms with van der Waals surface area (Å²) in [4.78, 5) is 11.8. The van der Waals surface area contributed by atoms with Crippen LogP contribution in [0.3, 0.4) is 0 Å². The first-order chi connectivity index (χ1) is 9.43. The van der Waals surface area contributed by atoms with E-state index < -0.39 is 12.2 Å². The molecule has 1 aromatic carbocycles. The largest absolute Gasteiger partial charge is 0.481 e. The average Bonchev–Trinajstić information content (AvgIpc) is 2.44. The van der Waals surface area contributed by atoms with Crippen molar-refractivity contribution in [3.8, 4) is 5.75 Å². The van der Waals surface area contributed by atoms with Gasteiger partial charge in [-0.1, -0.05) is 32.9 Å². The van der Waals surface area contributed by atoms with Gasteiger partial charge < -0.3 is 15.2 Å². The lowest BCUT2D eigenvalue weighted by molar-refractivity contribution is -0.127. The molecule has 0 saturated heterocycles. The summed E-state index contributed by atoms with van der Waals surface area (Å²) in [5.74, 6) is 0.932. The first-order valence-corrected chi connectivity index (χ1v) is 7.16. The zero-order valence-electron chi connectivity index (χ0n) is 12.7. The molecule has 1 aromatic rings. The lowest BCUT2D eigenvalue weighted by Gasteiger charge is -2.16. The van der Waals surface area contributed by atoms with E-state index in [2.05, 4.69) is 5.32 Å². The van der Waals surface area contributed by atoms with Crippen LogP contribution in [0.15, 0.2) is 24.3 Å². The van der Waals surface area contributed by atoms with Crippen LogP contribution in [0, 0.1) is 5.92 Å². The zero-order valence-corrected chi connectivity index (χ0v) is 12.7. The minimum Gasteiger partial charge on any atom is -0.481 e. The number of ether oxygens (including phenoxy) is 1. The Morgan fingerprint density at radius 2 is 1.85 bits per heavy atom. The highest BCUT2D eigenvalue weighted by molar-refractivity contribution is 5.80. The van der Waals surface area contributed by atoms with Gasteiger partial charge in [-0.05, 0) is 37.0 Å². The molecule has 1 rings (SSSR count). The summed E-state index contributed by atoms with van der Waals surface area (Å²) in [6.07, 6.45) is -0.305. The third-order valence-electron chi connectivity index (χ3n) is 3.02. The highest BCUT2D eigenvalue weighted by Crippen LogP contribution is 2.20. The second-order valence-corrected chi connectivity index (χ2v) is 5.39. The predicted molar refractivity (Wildman–Crippen MR) is 79.6 cm³/mol. The minimum atomic E-state index is -0.532. The normalized spacial score (nSPS) is 13.9. The van der Waals surface area contributed by atoms with Crippen LogP contribution in [0.25, 0.3) is 0 Å². The van der Waals surface area contributed by atoms with E-state index in [0.29, 0.717) is 24.6 Å². The Balaban J connectivity index is 2.53. The molecule has 4 nitrogen and oxygen atoms in total. The van der Waals surface area contributed by atoms with Gasteiger partial charge in [0.05, 0.1) is 6.10 Å². The van der Waals surface area contributed by atoms with Gasteiger partial charge in [-0.15, -0.1) is 0 Å². The van der Waals surface area contributed by atoms with Crippen molar-refractivity contribution in [3.63, 3.8) is 0 Å². The van der Waals surface area contributed by atoms with E-state index in [1.807, 2.05) is 32.9 Å². The van der Waals surface area contributed by atoms with Gasteiger partial charge in [-0.3, -0.25) is 4.79 Å². The zero-order chi connectivity index (χ0) is 15.1. The first-order valence-electron chi connectivity index (χ1n) is 7.16. The van der Waals surface area contributed by atoms with Crippen molar-refractivity contribution in [2.45, 2.75) is 46.3 Å². The third kappa shape index (κ3) is 5.21. The molecule has 0 saturated carbocycles. The van der Waals surface area contributed by atoms with Crippen LogP contribution in [-0.2, 0) is 4.79 Å². The predicted octanol–water partition coefficient (Wildman–Crippen LogP) is 2.67. The van der Waals surface area contributed by atoms with Crippen LogP contribution in [0.5, 0.6) is 5.75 Å². The van der Waals surface area contributed by atoms with Crippen LogP contribution in [0.4, 0.5) is 0 Å². The number of aliphatic hydroxyl groups is 1. The number of nitrogens with one attached hydrogen (secondary N) is 1. The lowest BCUT2D eigenvalue weighted by Crippen LogP contribution is -2.38. The summed E-state index contributed by atoms with van der Waals surface area (Å²) in [6.45, 7) is 8.39. The standard InChI is InChI=1S/C16H25NO3/c1-5-15(18)13-6-8-14(9-7-13)20-12(4)16(19)17-10-11(2)3/h6-9,11-12,15,18H,5,10H2,1-4H3,(H,17,19)/t12?,15-/m0/s1. The summed E-state index contributed by atoms with van der Waals surface area (Å²) in [5, 5.41) is 12.5. The number of carbonyl (C=O) groups excluding carboxylic acids is 1. The number of rotatable bonds is 7. The summed E-state index contributed by atoms with van der Waals surface area (Å²) in [5.41, 5.74) is 0.858. The van der Waals surface area contributed by atoms with Gasteiger partial charge in [-0.2, -0.15) is 0 Å². The third-order valence-corrected chi connectivity index (χ3v) is 3.02. The average molecular weight is 279 g/mol. The maximum Gasteiger partial charge on any atom is 0.260 e. The van der Waals surface area contributed by atoms with Crippen molar-refractivity contribution in [3.05, 3.63) is 29.8 Å². The number of carbonyl (C=O) groups is 1. The number of benzene rings is 1. The van der Waals surface area contributed by atoms with E-state index >= 15 is 0 Å². The molecular weight excluding hydrogens is 254 g/mol. The maximum atomic E-state index is 11.8. The molecule has 20 heavy (non-hydrogen) atoms. The molecule has 0 fully saturated rings. The molecule has 0 radical (unpaired) electrons. The Kier molecular flexibility index (Phi) is 6.52. The van der Waals surface area contributed by atoms with Gasteiger partial charge in [-0.25, -0.2) is 0 Å². The second kappa shape index (κ2) is 7.90. The number of aliphatic hydroxyl groups excluding tert-OH is 1. The summed E-state index contributed by atoms with van der Waals surface area (Å²) < 4.78 is 5.58. The van der Waals surface area contributed by atoms with E-state index in [4.69, 9.17) is 4.74 Å². The van der Waals surface area contributed by atoms with Crippen molar-refractivity contribution in [1.29, 1.82) is 0 Å². The fourth-order valence-electron chi connectivity index (χ4n) is 1.71. The van der Waals surface area contributed by atoms with E-state index in [0.717, 1.165) is 5.56 Å². The number of hydrogen-bond donors (Lipinski definition) is 2. The Labute approximate surface area is 121 Å². The van der Waals surface area contributed by atoms with Gasteiger partial charge >= 0.3 is 0 Å². The van der Waals surface area contributed by atoms with Crippen LogP contribution in [-0.4, -0.2) is 23.7 Å². The van der Waals surface area contributed by atoms with Gasteiger partial charge in [0.15, 0.2) is 6.10 Å².